The Bertz CT molecular complexity index is 630. The Labute approximate surface area is 119 Å². The van der Waals surface area contributed by atoms with E-state index in [1.807, 2.05) is 13.8 Å². The van der Waals surface area contributed by atoms with Crippen molar-refractivity contribution in [2.75, 3.05) is 5.32 Å². The third-order valence-corrected chi connectivity index (χ3v) is 2.94. The summed E-state index contributed by atoms with van der Waals surface area (Å²) in [6.45, 7) is 3.93. The van der Waals surface area contributed by atoms with Crippen LogP contribution in [0, 0.1) is 0 Å². The predicted molar refractivity (Wildman–Crippen MR) is 72.1 cm³/mol. The number of nitrogens with one attached hydrogen (secondary N) is 2. The van der Waals surface area contributed by atoms with Crippen molar-refractivity contribution < 1.29 is 18.0 Å². The number of rotatable bonds is 3. The van der Waals surface area contributed by atoms with Gasteiger partial charge >= 0.3 is 6.18 Å². The van der Waals surface area contributed by atoms with Gasteiger partial charge in [0.15, 0.2) is 5.82 Å². The predicted octanol–water partition coefficient (Wildman–Crippen LogP) is 3.80. The fraction of sp³-hybridized carbons (Fsp3) is 0.286. The summed E-state index contributed by atoms with van der Waals surface area (Å²) in [5, 5.41) is 9.23. The third-order valence-electron chi connectivity index (χ3n) is 2.94. The van der Waals surface area contributed by atoms with Gasteiger partial charge in [0, 0.05) is 17.3 Å². The van der Waals surface area contributed by atoms with Gasteiger partial charge in [-0.25, -0.2) is 0 Å². The van der Waals surface area contributed by atoms with Crippen molar-refractivity contribution in [2.24, 2.45) is 0 Å². The standard InChI is InChI=1S/C14H14F3N3O/c1-8(2)11-7-12(20-19-11)18-13(21)9-3-5-10(6-4-9)14(15,16)17/h3-8H,1-2H3,(H2,18,19,20,21). The van der Waals surface area contributed by atoms with E-state index in [0.717, 1.165) is 30.0 Å². The Kier molecular flexibility index (Phi) is 4.02. The van der Waals surface area contributed by atoms with Crippen LogP contribution in [-0.2, 0) is 6.18 Å². The first-order valence-corrected chi connectivity index (χ1v) is 6.31. The number of hydrogen-bond acceptors (Lipinski definition) is 2. The highest BCUT2D eigenvalue weighted by Crippen LogP contribution is 2.29. The number of aromatic nitrogens is 2. The Morgan fingerprint density at radius 3 is 2.33 bits per heavy atom. The third kappa shape index (κ3) is 3.62. The van der Waals surface area contributed by atoms with E-state index in [1.54, 1.807) is 6.07 Å². The molecule has 112 valence electrons. The van der Waals surface area contributed by atoms with Gasteiger partial charge in [-0.1, -0.05) is 13.8 Å². The van der Waals surface area contributed by atoms with Gasteiger partial charge in [-0.15, -0.1) is 0 Å². The lowest BCUT2D eigenvalue weighted by Crippen LogP contribution is -2.13. The first-order chi connectivity index (χ1) is 9.77. The van der Waals surface area contributed by atoms with Crippen LogP contribution in [0.25, 0.3) is 0 Å². The lowest BCUT2D eigenvalue weighted by molar-refractivity contribution is -0.137. The monoisotopic (exact) mass is 297 g/mol. The van der Waals surface area contributed by atoms with Crippen LogP contribution in [0.1, 0.15) is 41.4 Å². The minimum absolute atomic E-state index is 0.136. The fourth-order valence-corrected chi connectivity index (χ4v) is 1.70. The van der Waals surface area contributed by atoms with Crippen molar-refractivity contribution in [2.45, 2.75) is 25.9 Å². The summed E-state index contributed by atoms with van der Waals surface area (Å²) < 4.78 is 37.3. The number of carbonyl (C=O) groups is 1. The number of aromatic amines is 1. The summed E-state index contributed by atoms with van der Waals surface area (Å²) in [6, 6.07) is 5.70. The molecule has 0 bridgehead atoms. The van der Waals surface area contributed by atoms with E-state index < -0.39 is 17.6 Å². The first-order valence-electron chi connectivity index (χ1n) is 6.31. The number of halogens is 3. The zero-order chi connectivity index (χ0) is 15.6. The number of benzene rings is 1. The molecule has 0 aliphatic carbocycles. The minimum Gasteiger partial charge on any atom is -0.305 e. The molecule has 0 aliphatic rings. The summed E-state index contributed by atoms with van der Waals surface area (Å²) >= 11 is 0. The quantitative estimate of drug-likeness (QED) is 0.905. The number of anilines is 1. The van der Waals surface area contributed by atoms with Gasteiger partial charge < -0.3 is 5.32 Å². The van der Waals surface area contributed by atoms with Crippen molar-refractivity contribution in [3.8, 4) is 0 Å². The van der Waals surface area contributed by atoms with Gasteiger partial charge in [0.1, 0.15) is 0 Å². The van der Waals surface area contributed by atoms with Gasteiger partial charge in [0.25, 0.3) is 5.91 Å². The summed E-state index contributed by atoms with van der Waals surface area (Å²) in [5.74, 6) is 0.0587. The van der Waals surface area contributed by atoms with Gasteiger partial charge in [-0.05, 0) is 30.2 Å². The van der Waals surface area contributed by atoms with Gasteiger partial charge in [-0.2, -0.15) is 18.3 Å². The van der Waals surface area contributed by atoms with E-state index >= 15 is 0 Å². The maximum absolute atomic E-state index is 12.4. The molecule has 0 radical (unpaired) electrons. The Morgan fingerprint density at radius 2 is 1.86 bits per heavy atom. The maximum Gasteiger partial charge on any atom is 0.416 e. The van der Waals surface area contributed by atoms with Crippen LogP contribution < -0.4 is 5.32 Å². The molecule has 2 rings (SSSR count). The summed E-state index contributed by atoms with van der Waals surface area (Å²) in [6.07, 6.45) is -4.41. The lowest BCUT2D eigenvalue weighted by atomic mass is 10.1. The fourth-order valence-electron chi connectivity index (χ4n) is 1.70. The molecular weight excluding hydrogens is 283 g/mol. The molecule has 0 spiro atoms. The number of nitrogens with zero attached hydrogens (tertiary/aromatic N) is 1. The van der Waals surface area contributed by atoms with E-state index in [0.29, 0.717) is 5.82 Å². The van der Waals surface area contributed by atoms with Gasteiger partial charge in [0.2, 0.25) is 0 Å². The summed E-state index contributed by atoms with van der Waals surface area (Å²) in [7, 11) is 0. The van der Waals surface area contributed by atoms with E-state index in [-0.39, 0.29) is 11.5 Å². The second-order valence-electron chi connectivity index (χ2n) is 4.89. The van der Waals surface area contributed by atoms with Crippen LogP contribution in [0.3, 0.4) is 0 Å². The van der Waals surface area contributed by atoms with Crippen molar-refractivity contribution in [3.05, 3.63) is 47.2 Å². The van der Waals surface area contributed by atoms with Crippen molar-refractivity contribution in [3.63, 3.8) is 0 Å². The lowest BCUT2D eigenvalue weighted by Gasteiger charge is -2.07. The Hall–Kier alpha value is -2.31. The number of alkyl halides is 3. The van der Waals surface area contributed by atoms with Gasteiger partial charge in [-0.3, -0.25) is 9.89 Å². The average molecular weight is 297 g/mol. The molecule has 0 unspecified atom stereocenters. The molecular formula is C14H14F3N3O. The Morgan fingerprint density at radius 1 is 1.24 bits per heavy atom. The van der Waals surface area contributed by atoms with Crippen molar-refractivity contribution in [1.29, 1.82) is 0 Å². The second-order valence-corrected chi connectivity index (χ2v) is 4.89. The molecule has 1 aromatic heterocycles. The molecule has 1 amide bonds. The topological polar surface area (TPSA) is 57.8 Å². The highest BCUT2D eigenvalue weighted by molar-refractivity contribution is 6.03. The Balaban J connectivity index is 2.09. The molecule has 0 atom stereocenters. The van der Waals surface area contributed by atoms with Crippen molar-refractivity contribution >= 4 is 11.7 Å². The van der Waals surface area contributed by atoms with Crippen LogP contribution in [-0.4, -0.2) is 16.1 Å². The number of amides is 1. The van der Waals surface area contributed by atoms with Crippen LogP contribution in [0.4, 0.5) is 19.0 Å². The molecule has 7 heteroatoms. The van der Waals surface area contributed by atoms with E-state index in [4.69, 9.17) is 0 Å². The zero-order valence-corrected chi connectivity index (χ0v) is 11.5. The normalized spacial score (nSPS) is 11.7. The van der Waals surface area contributed by atoms with Gasteiger partial charge in [0.05, 0.1) is 5.56 Å². The number of H-pyrrole nitrogens is 1. The number of hydrogen-bond donors (Lipinski definition) is 2. The highest BCUT2D eigenvalue weighted by atomic mass is 19.4. The van der Waals surface area contributed by atoms with Crippen molar-refractivity contribution in [1.82, 2.24) is 10.2 Å². The van der Waals surface area contributed by atoms with E-state index in [1.165, 1.54) is 0 Å². The highest BCUT2D eigenvalue weighted by Gasteiger charge is 2.30. The molecule has 4 nitrogen and oxygen atoms in total. The molecule has 21 heavy (non-hydrogen) atoms. The first kappa shape index (κ1) is 15.1. The molecule has 1 aromatic carbocycles. The summed E-state index contributed by atoms with van der Waals surface area (Å²) in [4.78, 5) is 11.9. The summed E-state index contributed by atoms with van der Waals surface area (Å²) in [5.41, 5.74) is 0.204. The molecule has 2 N–H and O–H groups in total. The van der Waals surface area contributed by atoms with Crippen LogP contribution in [0.2, 0.25) is 0 Å². The van der Waals surface area contributed by atoms with E-state index in [9.17, 15) is 18.0 Å². The SMILES string of the molecule is CC(C)c1cc(NC(=O)c2ccc(C(F)(F)F)cc2)n[nH]1. The smallest absolute Gasteiger partial charge is 0.305 e. The minimum atomic E-state index is -4.41. The molecule has 0 aliphatic heterocycles. The largest absolute Gasteiger partial charge is 0.416 e. The molecule has 2 aromatic rings. The van der Waals surface area contributed by atoms with E-state index in [2.05, 4.69) is 15.5 Å². The zero-order valence-electron chi connectivity index (χ0n) is 11.5. The maximum atomic E-state index is 12.4. The van der Waals surface area contributed by atoms with Crippen LogP contribution >= 0.6 is 0 Å². The number of carbonyl (C=O) groups excluding carboxylic acids is 1. The molecule has 0 saturated carbocycles. The second kappa shape index (κ2) is 5.59. The van der Waals surface area contributed by atoms with Crippen LogP contribution in [0.15, 0.2) is 30.3 Å². The molecule has 1 heterocycles. The average Bonchev–Trinajstić information content (AvgIpc) is 2.86. The molecule has 0 fully saturated rings. The van der Waals surface area contributed by atoms with Crippen LogP contribution in [0.5, 0.6) is 0 Å². The molecule has 0 saturated heterocycles.